The summed E-state index contributed by atoms with van der Waals surface area (Å²) in [5.41, 5.74) is 4.05. The number of para-hydroxylation sites is 1. The second kappa shape index (κ2) is 7.41. The van der Waals surface area contributed by atoms with Gasteiger partial charge >= 0.3 is 5.69 Å². The molecule has 0 saturated heterocycles. The number of hydrogen-bond acceptors (Lipinski definition) is 4. The Hall–Kier alpha value is -3.91. The quantitative estimate of drug-likeness (QED) is 0.471. The number of aryl methyl sites for hydroxylation is 1. The smallest absolute Gasteiger partial charge is 0.323 e. The van der Waals surface area contributed by atoms with E-state index in [0.29, 0.717) is 21.9 Å². The summed E-state index contributed by atoms with van der Waals surface area (Å²) in [6, 6.07) is 16.8. The average Bonchev–Trinajstić information content (AvgIpc) is 3.32. The fraction of sp³-hybridized carbons (Fsp3) is 0.0909. The molecule has 3 aromatic heterocycles. The van der Waals surface area contributed by atoms with Crippen LogP contribution in [-0.4, -0.2) is 29.7 Å². The lowest BCUT2D eigenvalue weighted by Crippen LogP contribution is -2.28. The minimum atomic E-state index is -0.412. The molecule has 0 aliphatic heterocycles. The van der Waals surface area contributed by atoms with Crippen LogP contribution in [0.5, 0.6) is 0 Å². The molecule has 9 heteroatoms. The molecule has 0 saturated carbocycles. The minimum Gasteiger partial charge on any atom is -0.323 e. The first-order valence-corrected chi connectivity index (χ1v) is 9.96. The molecular weight excluding hydrogens is 416 g/mol. The van der Waals surface area contributed by atoms with Crippen molar-refractivity contribution in [1.82, 2.24) is 23.8 Å². The van der Waals surface area contributed by atoms with E-state index in [1.54, 1.807) is 41.2 Å². The third kappa shape index (κ3) is 3.47. The maximum Gasteiger partial charge on any atom is 0.350 e. The highest BCUT2D eigenvalue weighted by atomic mass is 35.5. The van der Waals surface area contributed by atoms with Crippen molar-refractivity contribution < 1.29 is 4.79 Å². The summed E-state index contributed by atoms with van der Waals surface area (Å²) in [7, 11) is 0. The van der Waals surface area contributed by atoms with Gasteiger partial charge in [0.1, 0.15) is 12.1 Å². The van der Waals surface area contributed by atoms with E-state index in [-0.39, 0.29) is 6.54 Å². The van der Waals surface area contributed by atoms with Crippen LogP contribution in [0.15, 0.2) is 71.8 Å². The molecule has 154 valence electrons. The summed E-state index contributed by atoms with van der Waals surface area (Å²) in [5, 5.41) is 12.1. The lowest BCUT2D eigenvalue weighted by atomic mass is 10.1. The summed E-state index contributed by atoms with van der Waals surface area (Å²) >= 11 is 6.08. The normalized spacial score (nSPS) is 11.3. The number of hydrogen-bond donors (Lipinski definition) is 1. The molecule has 8 nitrogen and oxygen atoms in total. The molecule has 2 aromatic carbocycles. The second-order valence-corrected chi connectivity index (χ2v) is 7.59. The van der Waals surface area contributed by atoms with Crippen LogP contribution in [0.4, 0.5) is 5.69 Å². The molecule has 1 N–H and O–H groups in total. The van der Waals surface area contributed by atoms with Crippen LogP contribution in [0.2, 0.25) is 5.02 Å². The number of nitrogens with zero attached hydrogens (tertiary/aromatic N) is 5. The zero-order valence-electron chi connectivity index (χ0n) is 16.5. The van der Waals surface area contributed by atoms with Gasteiger partial charge in [-0.25, -0.2) is 18.4 Å². The van der Waals surface area contributed by atoms with E-state index in [1.807, 2.05) is 37.3 Å². The first-order valence-electron chi connectivity index (χ1n) is 9.58. The van der Waals surface area contributed by atoms with Gasteiger partial charge in [-0.15, -0.1) is 5.10 Å². The molecule has 0 fully saturated rings. The van der Waals surface area contributed by atoms with Crippen molar-refractivity contribution in [3.05, 3.63) is 88.1 Å². The second-order valence-electron chi connectivity index (χ2n) is 7.19. The minimum absolute atomic E-state index is 0.239. The molecule has 31 heavy (non-hydrogen) atoms. The topological polar surface area (TPSA) is 85.7 Å². The van der Waals surface area contributed by atoms with Gasteiger partial charge in [0.05, 0.1) is 16.4 Å². The van der Waals surface area contributed by atoms with Gasteiger partial charge in [0.25, 0.3) is 0 Å². The molecule has 3 heterocycles. The number of nitrogens with one attached hydrogen (secondary N) is 1. The summed E-state index contributed by atoms with van der Waals surface area (Å²) in [4.78, 5) is 25.2. The van der Waals surface area contributed by atoms with Crippen LogP contribution in [0, 0.1) is 6.92 Å². The summed E-state index contributed by atoms with van der Waals surface area (Å²) in [6.07, 6.45) is 3.28. The largest absolute Gasteiger partial charge is 0.350 e. The molecule has 5 aromatic rings. The van der Waals surface area contributed by atoms with Crippen molar-refractivity contribution in [2.75, 3.05) is 5.32 Å². The van der Waals surface area contributed by atoms with E-state index >= 15 is 0 Å². The van der Waals surface area contributed by atoms with E-state index in [9.17, 15) is 9.59 Å². The van der Waals surface area contributed by atoms with Crippen LogP contribution in [0.1, 0.15) is 5.56 Å². The van der Waals surface area contributed by atoms with Crippen LogP contribution in [-0.2, 0) is 11.3 Å². The van der Waals surface area contributed by atoms with Crippen molar-refractivity contribution in [2.24, 2.45) is 0 Å². The molecule has 0 unspecified atom stereocenters. The van der Waals surface area contributed by atoms with Crippen LogP contribution < -0.4 is 11.0 Å². The Labute approximate surface area is 181 Å². The first-order chi connectivity index (χ1) is 15.0. The third-order valence-electron chi connectivity index (χ3n) is 4.98. The number of halogens is 1. The number of anilines is 1. The first kappa shape index (κ1) is 19.1. The molecular formula is C22H17ClN6O2. The Bertz CT molecular complexity index is 1500. The number of aromatic nitrogens is 5. The number of fused-ring (bicyclic) bond motifs is 3. The van der Waals surface area contributed by atoms with Gasteiger partial charge in [-0.1, -0.05) is 53.6 Å². The lowest BCUT2D eigenvalue weighted by molar-refractivity contribution is -0.117. The van der Waals surface area contributed by atoms with E-state index < -0.39 is 11.6 Å². The van der Waals surface area contributed by atoms with Gasteiger partial charge in [-0.2, -0.15) is 5.10 Å². The molecule has 5 rings (SSSR count). The van der Waals surface area contributed by atoms with Gasteiger partial charge in [0, 0.05) is 18.0 Å². The zero-order valence-corrected chi connectivity index (χ0v) is 17.2. The van der Waals surface area contributed by atoms with Gasteiger partial charge in [-0.3, -0.25) is 4.79 Å². The van der Waals surface area contributed by atoms with Gasteiger partial charge in [0.15, 0.2) is 5.65 Å². The fourth-order valence-corrected chi connectivity index (χ4v) is 3.57. The Kier molecular flexibility index (Phi) is 4.56. The van der Waals surface area contributed by atoms with Crippen molar-refractivity contribution in [3.8, 4) is 11.3 Å². The standard InChI is InChI=1S/C22H17ClN6O2/c1-14-6-8-15(9-7-14)18-12-19-21-26-29(22(31)27(21)10-11-28(19)25-18)13-20(30)24-17-5-3-2-4-16(17)23/h2-12H,13H2,1H3,(H,24,30). The maximum absolute atomic E-state index is 12.8. The fourth-order valence-electron chi connectivity index (χ4n) is 3.39. The van der Waals surface area contributed by atoms with E-state index in [1.165, 1.54) is 4.40 Å². The Morgan fingerprint density at radius 3 is 2.61 bits per heavy atom. The van der Waals surface area contributed by atoms with Gasteiger partial charge in [-0.05, 0) is 25.1 Å². The van der Waals surface area contributed by atoms with Crippen molar-refractivity contribution in [3.63, 3.8) is 0 Å². The lowest BCUT2D eigenvalue weighted by Gasteiger charge is -2.06. The van der Waals surface area contributed by atoms with Gasteiger partial charge in [0.2, 0.25) is 5.91 Å². The van der Waals surface area contributed by atoms with Crippen LogP contribution >= 0.6 is 11.6 Å². The average molecular weight is 433 g/mol. The molecule has 1 amide bonds. The Morgan fingerprint density at radius 2 is 1.84 bits per heavy atom. The van der Waals surface area contributed by atoms with Crippen LogP contribution in [0.3, 0.4) is 0 Å². The highest BCUT2D eigenvalue weighted by molar-refractivity contribution is 6.33. The van der Waals surface area contributed by atoms with Crippen LogP contribution in [0.25, 0.3) is 22.4 Å². The molecule has 0 atom stereocenters. The van der Waals surface area contributed by atoms with E-state index in [0.717, 1.165) is 21.5 Å². The summed E-state index contributed by atoms with van der Waals surface area (Å²) in [5.74, 6) is -0.400. The monoisotopic (exact) mass is 432 g/mol. The molecule has 0 aliphatic carbocycles. The highest BCUT2D eigenvalue weighted by Crippen LogP contribution is 2.22. The van der Waals surface area contributed by atoms with Crippen molar-refractivity contribution >= 4 is 34.4 Å². The Morgan fingerprint density at radius 1 is 1.06 bits per heavy atom. The highest BCUT2D eigenvalue weighted by Gasteiger charge is 2.16. The zero-order chi connectivity index (χ0) is 21.5. The number of benzene rings is 2. The SMILES string of the molecule is Cc1ccc(-c2cc3c4nn(CC(=O)Nc5ccccc5Cl)c(=O)n4ccn3n2)cc1. The molecule has 0 radical (unpaired) electrons. The molecule has 0 bridgehead atoms. The number of amides is 1. The number of carbonyl (C=O) groups is 1. The van der Waals surface area contributed by atoms with E-state index in [4.69, 9.17) is 11.6 Å². The van der Waals surface area contributed by atoms with Crippen molar-refractivity contribution in [2.45, 2.75) is 13.5 Å². The predicted molar refractivity (Wildman–Crippen MR) is 118 cm³/mol. The molecule has 0 spiro atoms. The maximum atomic E-state index is 12.8. The number of rotatable bonds is 4. The summed E-state index contributed by atoms with van der Waals surface area (Å²) in [6.45, 7) is 1.79. The molecule has 0 aliphatic rings. The van der Waals surface area contributed by atoms with E-state index in [2.05, 4.69) is 15.5 Å². The predicted octanol–water partition coefficient (Wildman–Crippen LogP) is 3.41. The third-order valence-corrected chi connectivity index (χ3v) is 5.31. The summed E-state index contributed by atoms with van der Waals surface area (Å²) < 4.78 is 4.20. The van der Waals surface area contributed by atoms with Crippen molar-refractivity contribution in [1.29, 1.82) is 0 Å². The Balaban J connectivity index is 1.50. The number of carbonyl (C=O) groups excluding carboxylic acids is 1. The van der Waals surface area contributed by atoms with Gasteiger partial charge < -0.3 is 5.32 Å².